The highest BCUT2D eigenvalue weighted by molar-refractivity contribution is 7.23. The minimum Gasteiger partial charge on any atom is -0.395 e. The molecule has 25 heavy (non-hydrogen) atoms. The maximum atomic E-state index is 14.9. The first-order valence-corrected chi connectivity index (χ1v) is 8.19. The maximum Gasteiger partial charge on any atom is 0.211 e. The summed E-state index contributed by atoms with van der Waals surface area (Å²) < 4.78 is 15.6. The monoisotopic (exact) mass is 375 g/mol. The predicted molar refractivity (Wildman–Crippen MR) is 98.4 cm³/mol. The van der Waals surface area contributed by atoms with Crippen LogP contribution in [-0.2, 0) is 4.79 Å². The van der Waals surface area contributed by atoms with Crippen LogP contribution in [-0.4, -0.2) is 18.4 Å². The van der Waals surface area contributed by atoms with E-state index in [-0.39, 0.29) is 22.0 Å². The van der Waals surface area contributed by atoms with E-state index in [9.17, 15) is 14.4 Å². The van der Waals surface area contributed by atoms with Crippen LogP contribution in [0.1, 0.15) is 5.56 Å². The molecule has 0 unspecified atom stereocenters. The van der Waals surface area contributed by atoms with Crippen LogP contribution < -0.4 is 16.4 Å². The van der Waals surface area contributed by atoms with E-state index in [0.29, 0.717) is 32.6 Å². The molecule has 126 valence electrons. The number of fused-ring (bicyclic) bond motifs is 1. The van der Waals surface area contributed by atoms with Crippen LogP contribution in [0, 0.1) is 17.1 Å². The van der Waals surface area contributed by atoms with Crippen LogP contribution in [0.5, 0.6) is 0 Å². The Bertz CT molecular complexity index is 1040. The highest BCUT2D eigenvalue weighted by Crippen LogP contribution is 2.44. The molecule has 9 heteroatoms. The number of carbonyl (C=O) groups is 1. The first-order chi connectivity index (χ1) is 12.0. The number of anilines is 3. The molecule has 0 aliphatic rings. The quantitative estimate of drug-likeness (QED) is 0.475. The average molecular weight is 376 g/mol. The van der Waals surface area contributed by atoms with E-state index in [1.165, 1.54) is 23.6 Å². The molecule has 0 aliphatic carbocycles. The van der Waals surface area contributed by atoms with E-state index in [0.717, 1.165) is 0 Å². The second kappa shape index (κ2) is 6.55. The first kappa shape index (κ1) is 17.0. The van der Waals surface area contributed by atoms with Gasteiger partial charge in [-0.1, -0.05) is 11.6 Å². The molecule has 0 atom stereocenters. The van der Waals surface area contributed by atoms with Gasteiger partial charge >= 0.3 is 0 Å². The summed E-state index contributed by atoms with van der Waals surface area (Å²) in [6.45, 7) is 0. The van der Waals surface area contributed by atoms with Crippen LogP contribution >= 0.6 is 22.9 Å². The van der Waals surface area contributed by atoms with Gasteiger partial charge in [-0.3, -0.25) is 9.78 Å². The summed E-state index contributed by atoms with van der Waals surface area (Å²) >= 11 is 7.57. The fraction of sp³-hybridized carbons (Fsp3) is 0.0625. The van der Waals surface area contributed by atoms with Gasteiger partial charge in [-0.05, 0) is 6.07 Å². The van der Waals surface area contributed by atoms with Crippen molar-refractivity contribution in [2.24, 2.45) is 0 Å². The SMILES string of the molecule is CNc1sc2cncc(-c3c(Cl)cc(NC=O)c(N)c3F)c2c1C#N. The number of thiophene rings is 1. The van der Waals surface area contributed by atoms with E-state index in [1.807, 2.05) is 0 Å². The molecule has 1 amide bonds. The van der Waals surface area contributed by atoms with Crippen molar-refractivity contribution in [1.82, 2.24) is 4.98 Å². The van der Waals surface area contributed by atoms with E-state index >= 15 is 0 Å². The number of carbonyl (C=O) groups excluding carboxylic acids is 1. The second-order valence-corrected chi connectivity index (χ2v) is 6.46. The van der Waals surface area contributed by atoms with Gasteiger partial charge in [0.25, 0.3) is 0 Å². The Kier molecular flexibility index (Phi) is 4.44. The summed E-state index contributed by atoms with van der Waals surface area (Å²) in [4.78, 5) is 14.7. The zero-order valence-electron chi connectivity index (χ0n) is 12.9. The van der Waals surface area contributed by atoms with E-state index < -0.39 is 5.82 Å². The summed E-state index contributed by atoms with van der Waals surface area (Å²) in [7, 11) is 1.70. The lowest BCUT2D eigenvalue weighted by Gasteiger charge is -2.13. The molecule has 4 N–H and O–H groups in total. The first-order valence-electron chi connectivity index (χ1n) is 6.99. The van der Waals surface area contributed by atoms with Crippen molar-refractivity contribution < 1.29 is 9.18 Å². The molecule has 0 fully saturated rings. The van der Waals surface area contributed by atoms with Gasteiger partial charge in [0, 0.05) is 36.0 Å². The number of halogens is 2. The number of amides is 1. The minimum atomic E-state index is -0.785. The van der Waals surface area contributed by atoms with Crippen molar-refractivity contribution in [3.63, 3.8) is 0 Å². The third kappa shape index (κ3) is 2.63. The van der Waals surface area contributed by atoms with Gasteiger partial charge in [-0.15, -0.1) is 11.3 Å². The fourth-order valence-corrected chi connectivity index (χ4v) is 3.88. The van der Waals surface area contributed by atoms with Crippen molar-refractivity contribution in [3.8, 4) is 17.2 Å². The normalized spacial score (nSPS) is 10.5. The van der Waals surface area contributed by atoms with Gasteiger partial charge in [0.2, 0.25) is 6.41 Å². The van der Waals surface area contributed by atoms with Crippen molar-refractivity contribution in [3.05, 3.63) is 34.9 Å². The molecule has 0 radical (unpaired) electrons. The lowest BCUT2D eigenvalue weighted by atomic mass is 9.99. The Balaban J connectivity index is 2.38. The van der Waals surface area contributed by atoms with Gasteiger partial charge < -0.3 is 16.4 Å². The van der Waals surface area contributed by atoms with E-state index in [1.54, 1.807) is 13.2 Å². The minimum absolute atomic E-state index is 0.0330. The van der Waals surface area contributed by atoms with Crippen molar-refractivity contribution >= 4 is 55.8 Å². The molecule has 0 saturated heterocycles. The zero-order valence-corrected chi connectivity index (χ0v) is 14.4. The number of nitriles is 1. The third-order valence-electron chi connectivity index (χ3n) is 3.68. The van der Waals surface area contributed by atoms with Crippen LogP contribution in [0.3, 0.4) is 0 Å². The highest BCUT2D eigenvalue weighted by Gasteiger charge is 2.22. The van der Waals surface area contributed by atoms with Gasteiger partial charge in [0.05, 0.1) is 26.7 Å². The number of pyridine rings is 1. The number of nitrogens with one attached hydrogen (secondary N) is 2. The van der Waals surface area contributed by atoms with Gasteiger partial charge in [0.15, 0.2) is 5.82 Å². The molecule has 1 aromatic carbocycles. The van der Waals surface area contributed by atoms with Crippen molar-refractivity contribution in [1.29, 1.82) is 5.26 Å². The molecule has 0 spiro atoms. The maximum absolute atomic E-state index is 14.9. The van der Waals surface area contributed by atoms with Crippen LogP contribution in [0.2, 0.25) is 5.02 Å². The summed E-state index contributed by atoms with van der Waals surface area (Å²) in [6.07, 6.45) is 3.42. The van der Waals surface area contributed by atoms with E-state index in [2.05, 4.69) is 21.7 Å². The number of nitrogen functional groups attached to an aromatic ring is 1. The molecular formula is C16H11ClFN5OS. The Morgan fingerprint density at radius 1 is 1.48 bits per heavy atom. The zero-order chi connectivity index (χ0) is 18.1. The molecule has 0 bridgehead atoms. The number of nitrogens with zero attached hydrogens (tertiary/aromatic N) is 2. The van der Waals surface area contributed by atoms with Crippen LogP contribution in [0.15, 0.2) is 18.5 Å². The summed E-state index contributed by atoms with van der Waals surface area (Å²) in [5, 5.41) is 16.0. The number of benzene rings is 1. The van der Waals surface area contributed by atoms with Crippen molar-refractivity contribution in [2.45, 2.75) is 0 Å². The smallest absolute Gasteiger partial charge is 0.211 e. The van der Waals surface area contributed by atoms with Crippen molar-refractivity contribution in [2.75, 3.05) is 23.4 Å². The summed E-state index contributed by atoms with van der Waals surface area (Å²) in [5.41, 5.74) is 6.37. The number of hydrogen-bond donors (Lipinski definition) is 3. The highest BCUT2D eigenvalue weighted by atomic mass is 35.5. The Morgan fingerprint density at radius 2 is 2.24 bits per heavy atom. The summed E-state index contributed by atoms with van der Waals surface area (Å²) in [5.74, 6) is -0.785. The van der Waals surface area contributed by atoms with Gasteiger partial charge in [-0.25, -0.2) is 4.39 Å². The number of rotatable bonds is 4. The predicted octanol–water partition coefficient (Wildman–Crippen LogP) is 3.82. The number of hydrogen-bond acceptors (Lipinski definition) is 6. The fourth-order valence-electron chi connectivity index (χ4n) is 2.59. The molecule has 3 aromatic rings. The number of nitrogens with two attached hydrogens (primary N) is 1. The Hall–Kier alpha value is -2.89. The molecule has 3 rings (SSSR count). The van der Waals surface area contributed by atoms with Crippen LogP contribution in [0.25, 0.3) is 21.2 Å². The topological polar surface area (TPSA) is 104 Å². The molecule has 2 aromatic heterocycles. The lowest BCUT2D eigenvalue weighted by Crippen LogP contribution is -2.03. The number of aromatic nitrogens is 1. The Labute approximate surface area is 151 Å². The summed E-state index contributed by atoms with van der Waals surface area (Å²) in [6, 6.07) is 3.49. The Morgan fingerprint density at radius 3 is 2.88 bits per heavy atom. The molecular weight excluding hydrogens is 365 g/mol. The molecule has 0 saturated carbocycles. The third-order valence-corrected chi connectivity index (χ3v) is 5.12. The average Bonchev–Trinajstić information content (AvgIpc) is 2.98. The molecule has 6 nitrogen and oxygen atoms in total. The van der Waals surface area contributed by atoms with E-state index in [4.69, 9.17) is 17.3 Å². The molecule has 2 heterocycles. The van der Waals surface area contributed by atoms with Gasteiger partial charge in [-0.2, -0.15) is 5.26 Å². The van der Waals surface area contributed by atoms with Gasteiger partial charge in [0.1, 0.15) is 11.1 Å². The second-order valence-electron chi connectivity index (χ2n) is 5.00. The standard InChI is InChI=1S/C16H11ClFN5OS/c1-21-16-7(3-19)12-8(4-22-5-11(12)25-16)13-9(17)2-10(23-6-24)15(20)14(13)18/h2,4-6,21H,20H2,1H3,(H,23,24). The molecule has 0 aliphatic heterocycles. The lowest BCUT2D eigenvalue weighted by molar-refractivity contribution is -0.105. The van der Waals surface area contributed by atoms with Crippen LogP contribution in [0.4, 0.5) is 20.8 Å². The largest absolute Gasteiger partial charge is 0.395 e.